The lowest BCUT2D eigenvalue weighted by Gasteiger charge is -2.13. The smallest absolute Gasteiger partial charge is 0.147 e. The van der Waals surface area contributed by atoms with Crippen LogP contribution in [0.5, 0.6) is 0 Å². The van der Waals surface area contributed by atoms with E-state index in [0.717, 1.165) is 0 Å². The van der Waals surface area contributed by atoms with Gasteiger partial charge in [-0.1, -0.05) is 16.9 Å². The highest BCUT2D eigenvalue weighted by molar-refractivity contribution is 8.13. The SMILES string of the molecule is BC1=C[C@@H](O)C=C(c2cccs2)S1. The maximum Gasteiger partial charge on any atom is 0.147 e. The predicted octanol–water partition coefficient (Wildman–Crippen LogP) is 1.67. The van der Waals surface area contributed by atoms with Crippen LogP contribution in [0, 0.1) is 0 Å². The fraction of sp³-hybridized carbons (Fsp3) is 0.111. The Bertz CT molecular complexity index is 354. The molecule has 1 aromatic heterocycles. The number of hydrogen-bond acceptors (Lipinski definition) is 3. The molecule has 1 atom stereocenters. The highest BCUT2D eigenvalue weighted by Gasteiger charge is 2.12. The van der Waals surface area contributed by atoms with E-state index < -0.39 is 6.10 Å². The van der Waals surface area contributed by atoms with Gasteiger partial charge in [-0.2, -0.15) is 0 Å². The number of aliphatic hydroxyl groups excluding tert-OH is 1. The van der Waals surface area contributed by atoms with Crippen LogP contribution in [0.4, 0.5) is 0 Å². The molecule has 0 bridgehead atoms. The first-order valence-corrected chi connectivity index (χ1v) is 5.75. The van der Waals surface area contributed by atoms with Crippen LogP contribution in [0.1, 0.15) is 4.88 Å². The van der Waals surface area contributed by atoms with Crippen molar-refractivity contribution in [1.29, 1.82) is 0 Å². The lowest BCUT2D eigenvalue weighted by atomic mass is 10.1. The zero-order valence-corrected chi connectivity index (χ0v) is 8.86. The third kappa shape index (κ3) is 2.07. The normalized spacial score (nSPS) is 22.4. The van der Waals surface area contributed by atoms with Crippen molar-refractivity contribution in [2.75, 3.05) is 0 Å². The van der Waals surface area contributed by atoms with Gasteiger partial charge in [0.25, 0.3) is 0 Å². The Kier molecular flexibility index (Phi) is 2.62. The van der Waals surface area contributed by atoms with Gasteiger partial charge in [-0.15, -0.1) is 23.1 Å². The molecular weight excluding hydrogens is 199 g/mol. The van der Waals surface area contributed by atoms with Crippen molar-refractivity contribution in [3.63, 3.8) is 0 Å². The third-order valence-electron chi connectivity index (χ3n) is 1.76. The van der Waals surface area contributed by atoms with Gasteiger partial charge in [-0.3, -0.25) is 0 Å². The van der Waals surface area contributed by atoms with E-state index in [-0.39, 0.29) is 0 Å². The zero-order valence-electron chi connectivity index (χ0n) is 7.23. The Balaban J connectivity index is 2.27. The zero-order chi connectivity index (χ0) is 9.26. The van der Waals surface area contributed by atoms with E-state index in [9.17, 15) is 5.11 Å². The Morgan fingerprint density at radius 3 is 2.85 bits per heavy atom. The van der Waals surface area contributed by atoms with Gasteiger partial charge < -0.3 is 5.11 Å². The Hall–Kier alpha value is -0.445. The highest BCUT2D eigenvalue weighted by Crippen LogP contribution is 2.37. The molecule has 0 saturated carbocycles. The second kappa shape index (κ2) is 3.74. The molecule has 1 aliphatic rings. The second-order valence-corrected chi connectivity index (χ2v) is 5.11. The summed E-state index contributed by atoms with van der Waals surface area (Å²) in [4.78, 5) is 3.57. The van der Waals surface area contributed by atoms with Gasteiger partial charge in [-0.05, 0) is 17.5 Å². The maximum atomic E-state index is 9.49. The Morgan fingerprint density at radius 1 is 1.38 bits per heavy atom. The first kappa shape index (κ1) is 9.12. The molecule has 1 aliphatic heterocycles. The van der Waals surface area contributed by atoms with Crippen LogP contribution in [0.2, 0.25) is 0 Å². The Morgan fingerprint density at radius 2 is 2.23 bits per heavy atom. The van der Waals surface area contributed by atoms with Crippen LogP contribution >= 0.6 is 23.1 Å². The van der Waals surface area contributed by atoms with Crippen LogP contribution in [0.15, 0.2) is 34.5 Å². The molecule has 0 spiro atoms. The van der Waals surface area contributed by atoms with Gasteiger partial charge in [0.15, 0.2) is 0 Å². The summed E-state index contributed by atoms with van der Waals surface area (Å²) in [6, 6.07) is 4.11. The standard InChI is InChI=1S/C9H9BOS2/c10-9-5-6(11)4-8(13-9)7-2-1-3-12-7/h1-6,11H,10H2/t6-/m0/s1. The molecule has 1 nitrogen and oxygen atoms in total. The van der Waals surface area contributed by atoms with Crippen molar-refractivity contribution in [1.82, 2.24) is 0 Å². The van der Waals surface area contributed by atoms with Crippen LogP contribution in [0.25, 0.3) is 4.91 Å². The average Bonchev–Trinajstić information content (AvgIpc) is 2.53. The summed E-state index contributed by atoms with van der Waals surface area (Å²) >= 11 is 3.43. The largest absolute Gasteiger partial charge is 0.385 e. The predicted molar refractivity (Wildman–Crippen MR) is 62.5 cm³/mol. The minimum atomic E-state index is -0.418. The van der Waals surface area contributed by atoms with Crippen LogP contribution in [0.3, 0.4) is 0 Å². The van der Waals surface area contributed by atoms with Gasteiger partial charge in [-0.25, -0.2) is 0 Å². The third-order valence-corrected chi connectivity index (χ3v) is 3.83. The molecule has 66 valence electrons. The minimum absolute atomic E-state index is 0.418. The lowest BCUT2D eigenvalue weighted by molar-refractivity contribution is 0.272. The summed E-state index contributed by atoms with van der Waals surface area (Å²) in [5.74, 6) is 0. The van der Waals surface area contributed by atoms with Crippen LogP contribution in [-0.2, 0) is 0 Å². The van der Waals surface area contributed by atoms with Crippen molar-refractivity contribution < 1.29 is 5.11 Å². The molecule has 0 unspecified atom stereocenters. The van der Waals surface area contributed by atoms with Crippen molar-refractivity contribution in [2.45, 2.75) is 6.10 Å². The molecule has 1 N–H and O–H groups in total. The number of aliphatic hydroxyl groups is 1. The first-order valence-electron chi connectivity index (χ1n) is 4.06. The van der Waals surface area contributed by atoms with Crippen molar-refractivity contribution >= 4 is 35.9 Å². The molecule has 13 heavy (non-hydrogen) atoms. The number of hydrogen-bond donors (Lipinski definition) is 1. The van der Waals surface area contributed by atoms with Crippen LogP contribution in [-0.4, -0.2) is 19.1 Å². The monoisotopic (exact) mass is 208 g/mol. The molecule has 0 aliphatic carbocycles. The van der Waals surface area contributed by atoms with Crippen molar-refractivity contribution in [2.24, 2.45) is 0 Å². The number of thioether (sulfide) groups is 1. The van der Waals surface area contributed by atoms with Gasteiger partial charge in [0.05, 0.1) is 6.10 Å². The average molecular weight is 208 g/mol. The van der Waals surface area contributed by atoms with E-state index in [2.05, 4.69) is 11.4 Å². The van der Waals surface area contributed by atoms with E-state index in [1.807, 2.05) is 26.1 Å². The van der Waals surface area contributed by atoms with E-state index in [4.69, 9.17) is 0 Å². The van der Waals surface area contributed by atoms with Crippen molar-refractivity contribution in [3.05, 3.63) is 39.3 Å². The second-order valence-electron chi connectivity index (χ2n) is 2.88. The van der Waals surface area contributed by atoms with E-state index in [1.54, 1.807) is 23.1 Å². The molecule has 0 radical (unpaired) electrons. The van der Waals surface area contributed by atoms with Crippen molar-refractivity contribution in [3.8, 4) is 0 Å². The molecular formula is C9H9BOS2. The molecule has 0 saturated heterocycles. The first-order chi connectivity index (χ1) is 6.25. The van der Waals surface area contributed by atoms with E-state index in [0.29, 0.717) is 0 Å². The minimum Gasteiger partial charge on any atom is -0.385 e. The molecule has 4 heteroatoms. The molecule has 0 amide bonds. The van der Waals surface area contributed by atoms with Gasteiger partial charge in [0.1, 0.15) is 7.85 Å². The fourth-order valence-electron chi connectivity index (χ4n) is 1.24. The summed E-state index contributed by atoms with van der Waals surface area (Å²) in [5.41, 5.74) is 0. The van der Waals surface area contributed by atoms with Crippen LogP contribution < -0.4 is 0 Å². The van der Waals surface area contributed by atoms with E-state index in [1.165, 1.54) is 14.6 Å². The summed E-state index contributed by atoms with van der Waals surface area (Å²) in [7, 11) is 2.02. The summed E-state index contributed by atoms with van der Waals surface area (Å²) in [6.45, 7) is 0. The Labute approximate surface area is 86.6 Å². The van der Waals surface area contributed by atoms with Gasteiger partial charge in [0, 0.05) is 9.78 Å². The number of rotatable bonds is 1. The van der Waals surface area contributed by atoms with Gasteiger partial charge in [0.2, 0.25) is 0 Å². The number of thiophene rings is 1. The molecule has 0 aromatic carbocycles. The van der Waals surface area contributed by atoms with Gasteiger partial charge >= 0.3 is 0 Å². The topological polar surface area (TPSA) is 20.2 Å². The fourth-order valence-corrected chi connectivity index (χ4v) is 3.08. The van der Waals surface area contributed by atoms with E-state index >= 15 is 0 Å². The highest BCUT2D eigenvalue weighted by atomic mass is 32.2. The summed E-state index contributed by atoms with van der Waals surface area (Å²) in [5, 5.41) is 11.5. The molecule has 1 aromatic rings. The molecule has 0 fully saturated rings. The summed E-state index contributed by atoms with van der Waals surface area (Å²) in [6.07, 6.45) is 3.34. The quantitative estimate of drug-likeness (QED) is 0.708. The lowest BCUT2D eigenvalue weighted by Crippen LogP contribution is -2.03. The molecule has 2 rings (SSSR count). The summed E-state index contributed by atoms with van der Waals surface area (Å²) < 4.78 is 0. The molecule has 2 heterocycles. The maximum absolute atomic E-state index is 9.49.